The van der Waals surface area contributed by atoms with Crippen LogP contribution < -0.4 is 15.4 Å². The highest BCUT2D eigenvalue weighted by Crippen LogP contribution is 2.38. The number of fused-ring (bicyclic) bond motifs is 2. The van der Waals surface area contributed by atoms with E-state index in [9.17, 15) is 4.79 Å². The van der Waals surface area contributed by atoms with Crippen LogP contribution in [0.3, 0.4) is 0 Å². The fourth-order valence-corrected chi connectivity index (χ4v) is 3.79. The van der Waals surface area contributed by atoms with E-state index in [1.807, 2.05) is 50.2 Å². The molecule has 1 saturated heterocycles. The van der Waals surface area contributed by atoms with Gasteiger partial charge in [-0.3, -0.25) is 4.79 Å². The molecule has 3 aromatic rings. The highest BCUT2D eigenvalue weighted by molar-refractivity contribution is 6.06. The maximum atomic E-state index is 12.2. The first kappa shape index (κ1) is 17.9. The zero-order valence-corrected chi connectivity index (χ0v) is 16.4. The van der Waals surface area contributed by atoms with E-state index >= 15 is 0 Å². The third kappa shape index (κ3) is 3.19. The Kier molecular flexibility index (Phi) is 4.16. The maximum absolute atomic E-state index is 12.2. The summed E-state index contributed by atoms with van der Waals surface area (Å²) >= 11 is 0. The predicted molar refractivity (Wildman–Crippen MR) is 109 cm³/mol. The Morgan fingerprint density at radius 3 is 2.90 bits per heavy atom. The van der Waals surface area contributed by atoms with Gasteiger partial charge < -0.3 is 20.1 Å². The van der Waals surface area contributed by atoms with Crippen molar-refractivity contribution < 1.29 is 14.3 Å². The minimum absolute atomic E-state index is 0.00501. The molecule has 0 atom stereocenters. The molecule has 29 heavy (non-hydrogen) atoms. The van der Waals surface area contributed by atoms with E-state index in [0.29, 0.717) is 17.5 Å². The van der Waals surface area contributed by atoms with Gasteiger partial charge in [0.1, 0.15) is 6.10 Å². The minimum atomic E-state index is -0.522. The Morgan fingerprint density at radius 2 is 2.07 bits per heavy atom. The van der Waals surface area contributed by atoms with Gasteiger partial charge >= 0.3 is 0 Å². The molecule has 8 nitrogen and oxygen atoms in total. The lowest BCUT2D eigenvalue weighted by molar-refractivity contribution is -0.119. The molecule has 2 aliphatic rings. The van der Waals surface area contributed by atoms with E-state index in [0.717, 1.165) is 43.0 Å². The van der Waals surface area contributed by atoms with Crippen molar-refractivity contribution in [2.45, 2.75) is 38.2 Å². The summed E-state index contributed by atoms with van der Waals surface area (Å²) in [6.45, 7) is 5.28. The van der Waals surface area contributed by atoms with Crippen LogP contribution in [-0.4, -0.2) is 39.8 Å². The van der Waals surface area contributed by atoms with Crippen molar-refractivity contribution in [2.75, 3.05) is 23.8 Å². The van der Waals surface area contributed by atoms with Crippen LogP contribution in [0.4, 0.5) is 17.3 Å². The van der Waals surface area contributed by atoms with Gasteiger partial charge in [-0.2, -0.15) is 9.50 Å². The lowest BCUT2D eigenvalue weighted by Gasteiger charge is -2.23. The van der Waals surface area contributed by atoms with Gasteiger partial charge in [0.05, 0.1) is 18.6 Å². The lowest BCUT2D eigenvalue weighted by atomic mass is 9.86. The molecule has 1 aromatic carbocycles. The first-order valence-electron chi connectivity index (χ1n) is 9.84. The zero-order valence-electron chi connectivity index (χ0n) is 16.4. The molecule has 5 rings (SSSR count). The number of nitrogens with one attached hydrogen (secondary N) is 2. The van der Waals surface area contributed by atoms with Crippen LogP contribution in [0.25, 0.3) is 5.65 Å². The highest BCUT2D eigenvalue weighted by Gasteiger charge is 2.38. The Labute approximate surface area is 168 Å². The second-order valence-corrected chi connectivity index (χ2v) is 7.96. The molecule has 150 valence electrons. The van der Waals surface area contributed by atoms with Gasteiger partial charge in [0.15, 0.2) is 5.65 Å². The molecule has 8 heteroatoms. The molecule has 2 aromatic heterocycles. The maximum Gasteiger partial charge on any atom is 0.247 e. The molecule has 4 heterocycles. The number of anilines is 3. The number of pyridine rings is 1. The zero-order chi connectivity index (χ0) is 20.0. The summed E-state index contributed by atoms with van der Waals surface area (Å²) in [6.07, 6.45) is 1.86. The number of amides is 1. The van der Waals surface area contributed by atoms with Crippen LogP contribution in [0.15, 0.2) is 36.4 Å². The van der Waals surface area contributed by atoms with Crippen molar-refractivity contribution in [3.63, 3.8) is 0 Å². The summed E-state index contributed by atoms with van der Waals surface area (Å²) in [5.74, 6) is 1.14. The average molecular weight is 393 g/mol. The van der Waals surface area contributed by atoms with Gasteiger partial charge in [0.25, 0.3) is 0 Å². The van der Waals surface area contributed by atoms with Crippen LogP contribution in [0.5, 0.6) is 5.88 Å². The van der Waals surface area contributed by atoms with Crippen molar-refractivity contribution in [2.24, 2.45) is 0 Å². The molecular formula is C21H23N5O3. The van der Waals surface area contributed by atoms with Gasteiger partial charge in [-0.15, -0.1) is 5.10 Å². The van der Waals surface area contributed by atoms with Gasteiger partial charge in [-0.25, -0.2) is 0 Å². The van der Waals surface area contributed by atoms with Crippen LogP contribution in [0.2, 0.25) is 0 Å². The quantitative estimate of drug-likeness (QED) is 0.707. The summed E-state index contributed by atoms with van der Waals surface area (Å²) in [7, 11) is 0. The van der Waals surface area contributed by atoms with Crippen LogP contribution in [0, 0.1) is 0 Å². The standard InChI is InChI=1S/C21H23N5O3/c1-21(2)15-7-6-13(12-16(15)23-19(21)27)22-20-24-17-4-3-5-18(26(17)25-20)29-14-8-10-28-11-9-14/h3-7,12,14H,8-11H2,1-2H3,(H,22,25)(H,23,27). The number of ether oxygens (including phenoxy) is 2. The van der Waals surface area contributed by atoms with E-state index < -0.39 is 5.41 Å². The molecule has 0 aliphatic carbocycles. The van der Waals surface area contributed by atoms with Crippen molar-refractivity contribution in [3.05, 3.63) is 42.0 Å². The second-order valence-electron chi connectivity index (χ2n) is 7.96. The average Bonchev–Trinajstić information content (AvgIpc) is 3.21. The lowest BCUT2D eigenvalue weighted by Crippen LogP contribution is -2.26. The summed E-state index contributed by atoms with van der Waals surface area (Å²) < 4.78 is 13.2. The fraction of sp³-hybridized carbons (Fsp3) is 0.381. The smallest absolute Gasteiger partial charge is 0.247 e. The van der Waals surface area contributed by atoms with Crippen LogP contribution in [0.1, 0.15) is 32.3 Å². The fourth-order valence-electron chi connectivity index (χ4n) is 3.79. The van der Waals surface area contributed by atoms with Gasteiger partial charge in [0, 0.05) is 30.3 Å². The number of benzene rings is 1. The summed E-state index contributed by atoms with van der Waals surface area (Å²) in [5.41, 5.74) is 2.80. The normalized spacial score (nSPS) is 18.5. The number of carbonyl (C=O) groups is 1. The van der Waals surface area contributed by atoms with E-state index in [4.69, 9.17) is 9.47 Å². The number of aromatic nitrogens is 3. The van der Waals surface area contributed by atoms with Crippen molar-refractivity contribution in [3.8, 4) is 5.88 Å². The third-order valence-corrected chi connectivity index (χ3v) is 5.55. The van der Waals surface area contributed by atoms with E-state index in [-0.39, 0.29) is 12.0 Å². The molecule has 0 saturated carbocycles. The Bertz CT molecular complexity index is 1090. The predicted octanol–water partition coefficient (Wildman–Crippen LogP) is 3.26. The Morgan fingerprint density at radius 1 is 1.24 bits per heavy atom. The third-order valence-electron chi connectivity index (χ3n) is 5.55. The molecule has 0 spiro atoms. The molecule has 0 unspecified atom stereocenters. The molecule has 2 N–H and O–H groups in total. The number of nitrogens with zero attached hydrogens (tertiary/aromatic N) is 3. The molecule has 1 amide bonds. The first-order chi connectivity index (χ1) is 14.0. The van der Waals surface area contributed by atoms with Gasteiger partial charge in [0.2, 0.25) is 17.7 Å². The number of hydrogen-bond donors (Lipinski definition) is 2. The highest BCUT2D eigenvalue weighted by atomic mass is 16.5. The number of rotatable bonds is 4. The first-order valence-corrected chi connectivity index (χ1v) is 9.84. The van der Waals surface area contributed by atoms with E-state index in [1.54, 1.807) is 4.52 Å². The molecule has 1 fully saturated rings. The summed E-state index contributed by atoms with van der Waals surface area (Å²) in [4.78, 5) is 16.7. The largest absolute Gasteiger partial charge is 0.474 e. The molecule has 2 aliphatic heterocycles. The molecule has 0 bridgehead atoms. The Hall–Kier alpha value is -3.13. The number of hydrogen-bond acceptors (Lipinski definition) is 6. The SMILES string of the molecule is CC1(C)C(=O)Nc2cc(Nc3nc4cccc(OC5CCOCC5)n4n3)ccc21. The van der Waals surface area contributed by atoms with E-state index in [2.05, 4.69) is 20.7 Å². The van der Waals surface area contributed by atoms with Crippen molar-refractivity contribution in [1.82, 2.24) is 14.6 Å². The second kappa shape index (κ2) is 6.73. The topological polar surface area (TPSA) is 89.8 Å². The van der Waals surface area contributed by atoms with Crippen molar-refractivity contribution >= 4 is 28.9 Å². The van der Waals surface area contributed by atoms with Crippen molar-refractivity contribution in [1.29, 1.82) is 0 Å². The molecular weight excluding hydrogens is 370 g/mol. The Balaban J connectivity index is 1.40. The van der Waals surface area contributed by atoms with Crippen LogP contribution in [-0.2, 0) is 14.9 Å². The monoisotopic (exact) mass is 393 g/mol. The van der Waals surface area contributed by atoms with Gasteiger partial charge in [-0.1, -0.05) is 12.1 Å². The van der Waals surface area contributed by atoms with Gasteiger partial charge in [-0.05, 0) is 37.6 Å². The van der Waals surface area contributed by atoms with Crippen LogP contribution >= 0.6 is 0 Å². The summed E-state index contributed by atoms with van der Waals surface area (Å²) in [5, 5.41) is 10.7. The molecule has 0 radical (unpaired) electrons. The summed E-state index contributed by atoms with van der Waals surface area (Å²) in [6, 6.07) is 11.5. The van der Waals surface area contributed by atoms with E-state index in [1.165, 1.54) is 0 Å². The minimum Gasteiger partial charge on any atom is -0.474 e. The number of carbonyl (C=O) groups excluding carboxylic acids is 1.